The lowest BCUT2D eigenvalue weighted by Crippen LogP contribution is -2.04. The Labute approximate surface area is 119 Å². The van der Waals surface area contributed by atoms with Crippen LogP contribution < -0.4 is 0 Å². The minimum atomic E-state index is -0.490. The molecule has 0 atom stereocenters. The van der Waals surface area contributed by atoms with Crippen LogP contribution in [0, 0.1) is 4.91 Å². The summed E-state index contributed by atoms with van der Waals surface area (Å²) in [7, 11) is 1.32. The van der Waals surface area contributed by atoms with E-state index in [1.165, 1.54) is 7.11 Å². The van der Waals surface area contributed by atoms with Gasteiger partial charge in [-0.3, -0.25) is 0 Å². The molecule has 3 rings (SSSR count). The van der Waals surface area contributed by atoms with Crippen molar-refractivity contribution >= 4 is 22.6 Å². The predicted molar refractivity (Wildman–Crippen MR) is 77.9 cm³/mol. The van der Waals surface area contributed by atoms with Crippen LogP contribution in [0.5, 0.6) is 0 Å². The van der Waals surface area contributed by atoms with E-state index in [2.05, 4.69) is 10.3 Å². The second kappa shape index (κ2) is 5.16. The van der Waals surface area contributed by atoms with Gasteiger partial charge in [-0.1, -0.05) is 18.2 Å². The molecule has 0 saturated carbocycles. The number of esters is 1. The Morgan fingerprint density at radius 1 is 1.14 bits per heavy atom. The fourth-order valence-corrected chi connectivity index (χ4v) is 2.17. The van der Waals surface area contributed by atoms with Crippen molar-refractivity contribution < 1.29 is 9.53 Å². The van der Waals surface area contributed by atoms with Crippen molar-refractivity contribution in [2.24, 2.45) is 5.18 Å². The standard InChI is InChI=1S/C15H11N3O3/c1-21-15(19)14-12-4-2-3-5-13(12)18(16-14)11-8-6-10(17-20)7-9-11/h2-9H,1H3. The monoisotopic (exact) mass is 281 g/mol. The van der Waals surface area contributed by atoms with E-state index in [4.69, 9.17) is 4.74 Å². The van der Waals surface area contributed by atoms with Gasteiger partial charge in [0.1, 0.15) is 5.69 Å². The van der Waals surface area contributed by atoms with Crippen LogP contribution in [-0.4, -0.2) is 22.9 Å². The molecule has 0 fully saturated rings. The molecule has 104 valence electrons. The lowest BCUT2D eigenvalue weighted by molar-refractivity contribution is 0.0595. The number of carbonyl (C=O) groups excluding carboxylic acids is 1. The number of ether oxygens (including phenoxy) is 1. The van der Waals surface area contributed by atoms with Crippen molar-refractivity contribution in [1.29, 1.82) is 0 Å². The maximum atomic E-state index is 11.8. The lowest BCUT2D eigenvalue weighted by Gasteiger charge is -2.02. The third-order valence-electron chi connectivity index (χ3n) is 3.17. The first-order valence-electron chi connectivity index (χ1n) is 6.24. The molecule has 6 heteroatoms. The van der Waals surface area contributed by atoms with Crippen molar-refractivity contribution in [2.75, 3.05) is 7.11 Å². The van der Waals surface area contributed by atoms with E-state index in [-0.39, 0.29) is 5.69 Å². The van der Waals surface area contributed by atoms with Gasteiger partial charge in [0.05, 0.1) is 18.3 Å². The van der Waals surface area contributed by atoms with Crippen molar-refractivity contribution in [3.63, 3.8) is 0 Å². The molecule has 2 aromatic carbocycles. The number of fused-ring (bicyclic) bond motifs is 1. The zero-order valence-electron chi connectivity index (χ0n) is 11.2. The highest BCUT2D eigenvalue weighted by Crippen LogP contribution is 2.23. The van der Waals surface area contributed by atoms with Crippen LogP contribution in [-0.2, 0) is 4.74 Å². The molecule has 6 nitrogen and oxygen atoms in total. The Hall–Kier alpha value is -3.02. The molecule has 0 amide bonds. The average Bonchev–Trinajstić information content (AvgIpc) is 2.94. The molecule has 3 aromatic rings. The lowest BCUT2D eigenvalue weighted by atomic mass is 10.2. The Bertz CT molecular complexity index is 822. The van der Waals surface area contributed by atoms with Crippen LogP contribution >= 0.6 is 0 Å². The molecule has 0 aliphatic rings. The van der Waals surface area contributed by atoms with Crippen molar-refractivity contribution in [3.8, 4) is 5.69 Å². The fraction of sp³-hybridized carbons (Fsp3) is 0.0667. The minimum Gasteiger partial charge on any atom is -0.464 e. The summed E-state index contributed by atoms with van der Waals surface area (Å²) in [5.41, 5.74) is 2.10. The second-order valence-corrected chi connectivity index (χ2v) is 4.38. The zero-order valence-corrected chi connectivity index (χ0v) is 11.2. The molecule has 0 N–H and O–H groups in total. The predicted octanol–water partition coefficient (Wildman–Crippen LogP) is 3.21. The van der Waals surface area contributed by atoms with Crippen LogP contribution in [0.3, 0.4) is 0 Å². The van der Waals surface area contributed by atoms with E-state index in [1.54, 1.807) is 28.9 Å². The number of benzene rings is 2. The highest BCUT2D eigenvalue weighted by molar-refractivity contribution is 6.02. The van der Waals surface area contributed by atoms with Gasteiger partial charge in [0.2, 0.25) is 0 Å². The smallest absolute Gasteiger partial charge is 0.359 e. The zero-order chi connectivity index (χ0) is 14.8. The van der Waals surface area contributed by atoms with E-state index < -0.39 is 5.97 Å². The summed E-state index contributed by atoms with van der Waals surface area (Å²) >= 11 is 0. The molecule has 21 heavy (non-hydrogen) atoms. The molecular formula is C15H11N3O3. The van der Waals surface area contributed by atoms with Crippen LogP contribution in [0.25, 0.3) is 16.6 Å². The number of aromatic nitrogens is 2. The van der Waals surface area contributed by atoms with Crippen LogP contribution in [0.15, 0.2) is 53.7 Å². The Kier molecular flexibility index (Phi) is 3.19. The molecule has 0 aliphatic heterocycles. The Morgan fingerprint density at radius 2 is 1.86 bits per heavy atom. The molecule has 0 spiro atoms. The van der Waals surface area contributed by atoms with Gasteiger partial charge in [-0.15, -0.1) is 4.91 Å². The van der Waals surface area contributed by atoms with Gasteiger partial charge in [0, 0.05) is 5.39 Å². The molecule has 0 saturated heterocycles. The highest BCUT2D eigenvalue weighted by atomic mass is 16.5. The summed E-state index contributed by atoms with van der Waals surface area (Å²) in [6.07, 6.45) is 0. The topological polar surface area (TPSA) is 73.5 Å². The molecule has 1 aromatic heterocycles. The number of hydrogen-bond donors (Lipinski definition) is 0. The van der Waals surface area contributed by atoms with Gasteiger partial charge in [-0.2, -0.15) is 5.10 Å². The van der Waals surface area contributed by atoms with E-state index in [9.17, 15) is 9.70 Å². The van der Waals surface area contributed by atoms with Crippen LogP contribution in [0.1, 0.15) is 10.5 Å². The van der Waals surface area contributed by atoms with E-state index in [0.29, 0.717) is 11.1 Å². The van der Waals surface area contributed by atoms with Crippen molar-refractivity contribution in [2.45, 2.75) is 0 Å². The molecule has 0 unspecified atom stereocenters. The van der Waals surface area contributed by atoms with Crippen LogP contribution in [0.4, 0.5) is 5.69 Å². The number of carbonyl (C=O) groups is 1. The summed E-state index contributed by atoms with van der Waals surface area (Å²) in [4.78, 5) is 22.3. The number of nitroso groups, excluding NO2 is 1. The molecule has 1 heterocycles. The fourth-order valence-electron chi connectivity index (χ4n) is 2.17. The quantitative estimate of drug-likeness (QED) is 0.545. The first kappa shape index (κ1) is 13.0. The normalized spacial score (nSPS) is 10.5. The van der Waals surface area contributed by atoms with Gasteiger partial charge in [-0.05, 0) is 35.5 Å². The van der Waals surface area contributed by atoms with E-state index in [1.807, 2.05) is 24.3 Å². The van der Waals surface area contributed by atoms with Gasteiger partial charge in [0.15, 0.2) is 5.69 Å². The summed E-state index contributed by atoms with van der Waals surface area (Å²) < 4.78 is 6.39. The van der Waals surface area contributed by atoms with Gasteiger partial charge in [-0.25, -0.2) is 9.48 Å². The summed E-state index contributed by atoms with van der Waals surface area (Å²) in [6.45, 7) is 0. The van der Waals surface area contributed by atoms with Gasteiger partial charge in [0.25, 0.3) is 0 Å². The highest BCUT2D eigenvalue weighted by Gasteiger charge is 2.17. The first-order chi connectivity index (χ1) is 10.2. The number of methoxy groups -OCH3 is 1. The van der Waals surface area contributed by atoms with Crippen LogP contribution in [0.2, 0.25) is 0 Å². The summed E-state index contributed by atoms with van der Waals surface area (Å²) in [6, 6.07) is 14.0. The third kappa shape index (κ3) is 2.16. The van der Waals surface area contributed by atoms with E-state index >= 15 is 0 Å². The van der Waals surface area contributed by atoms with Gasteiger partial charge < -0.3 is 4.74 Å². The first-order valence-corrected chi connectivity index (χ1v) is 6.24. The number of hydrogen-bond acceptors (Lipinski definition) is 5. The average molecular weight is 281 g/mol. The molecule has 0 radical (unpaired) electrons. The number of nitrogens with zero attached hydrogens (tertiary/aromatic N) is 3. The maximum absolute atomic E-state index is 11.8. The summed E-state index contributed by atoms with van der Waals surface area (Å²) in [5.74, 6) is -0.490. The maximum Gasteiger partial charge on any atom is 0.359 e. The molecule has 0 bridgehead atoms. The van der Waals surface area contributed by atoms with Crippen molar-refractivity contribution in [3.05, 3.63) is 59.1 Å². The van der Waals surface area contributed by atoms with E-state index in [0.717, 1.165) is 11.2 Å². The SMILES string of the molecule is COC(=O)c1nn(-c2ccc(N=O)cc2)c2ccccc12. The third-order valence-corrected chi connectivity index (χ3v) is 3.17. The number of para-hydroxylation sites is 1. The largest absolute Gasteiger partial charge is 0.464 e. The molecular weight excluding hydrogens is 270 g/mol. The molecule has 0 aliphatic carbocycles. The second-order valence-electron chi connectivity index (χ2n) is 4.38. The number of rotatable bonds is 3. The Morgan fingerprint density at radius 3 is 2.52 bits per heavy atom. The Balaban J connectivity index is 2.22. The minimum absolute atomic E-state index is 0.255. The van der Waals surface area contributed by atoms with Crippen molar-refractivity contribution in [1.82, 2.24) is 9.78 Å². The van der Waals surface area contributed by atoms with Gasteiger partial charge >= 0.3 is 5.97 Å². The summed E-state index contributed by atoms with van der Waals surface area (Å²) in [5, 5.41) is 7.89.